The fourth-order valence-electron chi connectivity index (χ4n) is 0.815. The topological polar surface area (TPSA) is 24.4 Å². The van der Waals surface area contributed by atoms with Gasteiger partial charge in [-0.2, -0.15) is 0 Å². The largest absolute Gasteiger partial charge is 0.299 e. The summed E-state index contributed by atoms with van der Waals surface area (Å²) in [6.07, 6.45) is 3.78. The molecule has 1 atom stereocenters. The number of hydrogen-bond acceptors (Lipinski definition) is 2. The molecule has 0 aromatic heterocycles. The van der Waals surface area contributed by atoms with Gasteiger partial charge in [-0.05, 0) is 33.7 Å². The summed E-state index contributed by atoms with van der Waals surface area (Å²) in [6.45, 7) is 3.94. The lowest BCUT2D eigenvalue weighted by atomic mass is 10.2. The second-order valence-corrected chi connectivity index (χ2v) is 2.73. The van der Waals surface area contributed by atoms with Crippen LogP contribution >= 0.6 is 0 Å². The van der Waals surface area contributed by atoms with Gasteiger partial charge in [-0.25, -0.2) is 4.39 Å². The predicted octanol–water partition coefficient (Wildman–Crippen LogP) is 2.28. The van der Waals surface area contributed by atoms with Gasteiger partial charge in [0, 0.05) is 5.71 Å². The van der Waals surface area contributed by atoms with Gasteiger partial charge in [0.15, 0.2) is 0 Å². The highest BCUT2D eigenvalue weighted by atomic mass is 19.1. The number of halogens is 1. The van der Waals surface area contributed by atoms with Crippen LogP contribution in [0.3, 0.4) is 0 Å². The molecule has 0 heterocycles. The van der Waals surface area contributed by atoms with Crippen molar-refractivity contribution in [3.63, 3.8) is 0 Å². The lowest BCUT2D eigenvalue weighted by Crippen LogP contribution is -2.19. The van der Waals surface area contributed by atoms with Gasteiger partial charge in [0.1, 0.15) is 0 Å². The Morgan fingerprint density at radius 1 is 1.67 bits per heavy atom. The number of rotatable bonds is 5. The molecular weight excluding hydrogens is 155 g/mol. The minimum absolute atomic E-state index is 0.152. The second kappa shape index (κ2) is 6.98. The molecule has 3 heteroatoms. The average molecular weight is 172 g/mol. The molecule has 0 saturated heterocycles. The molecule has 12 heavy (non-hydrogen) atoms. The van der Waals surface area contributed by atoms with Gasteiger partial charge >= 0.3 is 0 Å². The molecule has 2 nitrogen and oxygen atoms in total. The van der Waals surface area contributed by atoms with Crippen molar-refractivity contribution in [1.29, 1.82) is 0 Å². The van der Waals surface area contributed by atoms with Crippen molar-refractivity contribution >= 4 is 5.71 Å². The van der Waals surface area contributed by atoms with E-state index in [0.29, 0.717) is 6.33 Å². The first-order chi connectivity index (χ1) is 5.70. The van der Waals surface area contributed by atoms with E-state index in [1.807, 2.05) is 20.9 Å². The zero-order valence-corrected chi connectivity index (χ0v) is 7.97. The summed E-state index contributed by atoms with van der Waals surface area (Å²) in [5.41, 5.74) is 1.05. The Morgan fingerprint density at radius 3 is 2.83 bits per heavy atom. The summed E-state index contributed by atoms with van der Waals surface area (Å²) >= 11 is 0. The van der Waals surface area contributed by atoms with Crippen LogP contribution in [0.1, 0.15) is 26.7 Å². The molecule has 0 amide bonds. The SMILES string of the molecule is CNC(C)N=C(C)CCC=CF. The molecular formula is C9H17FN2. The number of hydrogen-bond donors (Lipinski definition) is 1. The Kier molecular flexibility index (Phi) is 6.57. The number of nitrogens with zero attached hydrogens (tertiary/aromatic N) is 1. The van der Waals surface area contributed by atoms with Crippen LogP contribution in [0.25, 0.3) is 0 Å². The maximum Gasteiger partial charge on any atom is 0.0962 e. The average Bonchev–Trinajstić information content (AvgIpc) is 2.05. The Labute approximate surface area is 73.6 Å². The van der Waals surface area contributed by atoms with E-state index in [9.17, 15) is 4.39 Å². The van der Waals surface area contributed by atoms with Crippen LogP contribution in [0.4, 0.5) is 4.39 Å². The molecule has 0 bridgehead atoms. The number of aliphatic imine (C=N–C) groups is 1. The van der Waals surface area contributed by atoms with Gasteiger partial charge in [-0.15, -0.1) is 0 Å². The van der Waals surface area contributed by atoms with Crippen LogP contribution in [0.2, 0.25) is 0 Å². The van der Waals surface area contributed by atoms with Crippen LogP contribution in [0.15, 0.2) is 17.4 Å². The molecule has 0 radical (unpaired) electrons. The molecule has 0 saturated carbocycles. The quantitative estimate of drug-likeness (QED) is 0.632. The summed E-state index contributed by atoms with van der Waals surface area (Å²) in [4.78, 5) is 4.32. The third kappa shape index (κ3) is 6.04. The van der Waals surface area contributed by atoms with E-state index in [2.05, 4.69) is 10.3 Å². The van der Waals surface area contributed by atoms with Crippen LogP contribution < -0.4 is 5.32 Å². The van der Waals surface area contributed by atoms with Gasteiger partial charge in [-0.3, -0.25) is 10.3 Å². The summed E-state index contributed by atoms with van der Waals surface area (Å²) in [7, 11) is 1.86. The normalized spacial score (nSPS) is 15.5. The minimum Gasteiger partial charge on any atom is -0.299 e. The van der Waals surface area contributed by atoms with Crippen LogP contribution in [0.5, 0.6) is 0 Å². The van der Waals surface area contributed by atoms with Gasteiger partial charge in [0.25, 0.3) is 0 Å². The maximum atomic E-state index is 11.5. The Bertz CT molecular complexity index is 164. The highest BCUT2D eigenvalue weighted by molar-refractivity contribution is 5.82. The molecule has 1 N–H and O–H groups in total. The lowest BCUT2D eigenvalue weighted by Gasteiger charge is -2.05. The molecule has 0 aliphatic rings. The molecule has 0 aromatic rings. The fraction of sp³-hybridized carbons (Fsp3) is 0.667. The van der Waals surface area contributed by atoms with Gasteiger partial charge < -0.3 is 0 Å². The highest BCUT2D eigenvalue weighted by Gasteiger charge is 1.94. The van der Waals surface area contributed by atoms with E-state index < -0.39 is 0 Å². The first-order valence-corrected chi connectivity index (χ1v) is 4.16. The predicted molar refractivity (Wildman–Crippen MR) is 51.1 cm³/mol. The molecule has 0 spiro atoms. The summed E-state index contributed by atoms with van der Waals surface area (Å²) < 4.78 is 11.5. The van der Waals surface area contributed by atoms with Crippen LogP contribution in [-0.4, -0.2) is 18.9 Å². The van der Waals surface area contributed by atoms with Crippen LogP contribution in [-0.2, 0) is 0 Å². The zero-order valence-electron chi connectivity index (χ0n) is 7.97. The number of allylic oxidation sites excluding steroid dienone is 1. The van der Waals surface area contributed by atoms with Crippen LogP contribution in [0, 0.1) is 0 Å². The van der Waals surface area contributed by atoms with Gasteiger partial charge in [0.05, 0.1) is 12.5 Å². The summed E-state index contributed by atoms with van der Waals surface area (Å²) in [5, 5.41) is 3.01. The third-order valence-electron chi connectivity index (χ3n) is 1.59. The second-order valence-electron chi connectivity index (χ2n) is 2.73. The van der Waals surface area contributed by atoms with E-state index in [-0.39, 0.29) is 6.17 Å². The van der Waals surface area contributed by atoms with E-state index in [0.717, 1.165) is 18.6 Å². The maximum absolute atomic E-state index is 11.5. The Morgan fingerprint density at radius 2 is 2.33 bits per heavy atom. The van der Waals surface area contributed by atoms with Crippen molar-refractivity contribution in [2.75, 3.05) is 7.05 Å². The zero-order chi connectivity index (χ0) is 9.40. The molecule has 1 unspecified atom stereocenters. The summed E-state index contributed by atoms with van der Waals surface area (Å²) in [5.74, 6) is 0. The van der Waals surface area contributed by atoms with E-state index in [4.69, 9.17) is 0 Å². The van der Waals surface area contributed by atoms with Crippen molar-refractivity contribution in [1.82, 2.24) is 5.32 Å². The van der Waals surface area contributed by atoms with E-state index in [1.54, 1.807) is 0 Å². The Hall–Kier alpha value is -0.700. The molecule has 0 aliphatic carbocycles. The minimum atomic E-state index is 0.152. The molecule has 70 valence electrons. The van der Waals surface area contributed by atoms with Crippen molar-refractivity contribution in [2.24, 2.45) is 4.99 Å². The Balaban J connectivity index is 3.69. The van der Waals surface area contributed by atoms with Crippen molar-refractivity contribution in [2.45, 2.75) is 32.9 Å². The fourth-order valence-corrected chi connectivity index (χ4v) is 0.815. The highest BCUT2D eigenvalue weighted by Crippen LogP contribution is 1.96. The number of nitrogens with one attached hydrogen (secondary N) is 1. The smallest absolute Gasteiger partial charge is 0.0962 e. The van der Waals surface area contributed by atoms with Crippen molar-refractivity contribution in [3.8, 4) is 0 Å². The van der Waals surface area contributed by atoms with E-state index >= 15 is 0 Å². The lowest BCUT2D eigenvalue weighted by molar-refractivity contribution is 0.639. The van der Waals surface area contributed by atoms with Crippen molar-refractivity contribution < 1.29 is 4.39 Å². The standard InChI is InChI=1S/C9H17FN2/c1-8(6-4-5-7-10)12-9(2)11-3/h5,7,9,11H,4,6H2,1-3H3. The van der Waals surface area contributed by atoms with Gasteiger partial charge in [-0.1, -0.05) is 6.08 Å². The van der Waals surface area contributed by atoms with Crippen molar-refractivity contribution in [3.05, 3.63) is 12.4 Å². The molecule has 0 aromatic carbocycles. The first kappa shape index (κ1) is 11.3. The van der Waals surface area contributed by atoms with Gasteiger partial charge in [0.2, 0.25) is 0 Å². The first-order valence-electron chi connectivity index (χ1n) is 4.16. The van der Waals surface area contributed by atoms with E-state index in [1.165, 1.54) is 6.08 Å². The molecule has 0 aliphatic heterocycles. The molecule has 0 fully saturated rings. The summed E-state index contributed by atoms with van der Waals surface area (Å²) in [6, 6.07) is 0. The molecule has 0 rings (SSSR count). The monoisotopic (exact) mass is 172 g/mol. The third-order valence-corrected chi connectivity index (χ3v) is 1.59.